The number of rotatable bonds is 2. The van der Waals surface area contributed by atoms with Crippen LogP contribution >= 0.6 is 0 Å². The molecule has 1 atom stereocenters. The number of hydrogen-bond acceptors (Lipinski definition) is 5. The number of nitriles is 2. The van der Waals surface area contributed by atoms with Crippen LogP contribution in [0.25, 0.3) is 0 Å². The molecular formula is C3N3O2S+. The van der Waals surface area contributed by atoms with Gasteiger partial charge >= 0.3 is 23.0 Å². The van der Waals surface area contributed by atoms with Crippen LogP contribution in [0, 0.1) is 22.2 Å². The third-order valence-corrected chi connectivity index (χ3v) is 0.943. The van der Waals surface area contributed by atoms with Crippen LogP contribution in [0.4, 0.5) is 0 Å². The minimum absolute atomic E-state index is 1.09. The zero-order valence-corrected chi connectivity index (χ0v) is 4.88. The molecule has 9 heavy (non-hydrogen) atoms. The van der Waals surface area contributed by atoms with E-state index in [1.165, 1.54) is 11.7 Å². The van der Waals surface area contributed by atoms with E-state index in [1.54, 1.807) is 0 Å². The van der Waals surface area contributed by atoms with Crippen LogP contribution in [0.5, 0.6) is 0 Å². The predicted octanol–water partition coefficient (Wildman–Crippen LogP) is -0.251. The normalized spacial score (nSPS) is 9.56. The third-order valence-electron chi connectivity index (χ3n) is 0.314. The van der Waals surface area contributed by atoms with E-state index in [-0.39, 0.29) is 0 Å². The highest BCUT2D eigenvalue weighted by molar-refractivity contribution is 7.95. The second-order valence-electron chi connectivity index (χ2n) is 0.698. The van der Waals surface area contributed by atoms with Gasteiger partial charge in [-0.15, -0.1) is 10.5 Å². The zero-order chi connectivity index (χ0) is 7.11. The van der Waals surface area contributed by atoms with Gasteiger partial charge < -0.3 is 0 Å². The molecule has 0 aromatic rings. The number of carbonyl (C=O) groups excluding carboxylic acids is 1. The van der Waals surface area contributed by atoms with Crippen LogP contribution in [-0.2, 0) is 20.3 Å². The van der Waals surface area contributed by atoms with Gasteiger partial charge in [-0.2, -0.15) is 4.18 Å². The van der Waals surface area contributed by atoms with Crippen molar-refractivity contribution in [3.05, 3.63) is 0 Å². The molecule has 1 unspecified atom stereocenters. The Morgan fingerprint density at radius 2 is 2.22 bits per heavy atom. The summed E-state index contributed by atoms with van der Waals surface area (Å²) < 4.78 is 6.82. The lowest BCUT2D eigenvalue weighted by Crippen LogP contribution is -1.92. The maximum Gasteiger partial charge on any atom is 0.487 e. The quantitative estimate of drug-likeness (QED) is 0.230. The number of nitrogens with zero attached hydrogens (tertiary/aromatic N) is 3. The van der Waals surface area contributed by atoms with Crippen LogP contribution in [0.1, 0.15) is 0 Å². The average molecular weight is 142 g/mol. The van der Waals surface area contributed by atoms with Crippen molar-refractivity contribution < 1.29 is 8.98 Å². The molecule has 44 valence electrons. The fourth-order valence-electron chi connectivity index (χ4n) is 0.127. The largest absolute Gasteiger partial charge is 0.487 e. The maximum absolute atomic E-state index is 9.42. The van der Waals surface area contributed by atoms with Gasteiger partial charge in [-0.05, 0) is 0 Å². The molecule has 0 aliphatic carbocycles. The Bertz CT molecular complexity index is 208. The van der Waals surface area contributed by atoms with E-state index < -0.39 is 11.4 Å². The highest BCUT2D eigenvalue weighted by Gasteiger charge is 2.21. The molecule has 0 rings (SSSR count). The smallest absolute Gasteiger partial charge is 0.206 e. The summed E-state index contributed by atoms with van der Waals surface area (Å²) >= 11 is -1.59. The Hall–Kier alpha value is -1.49. The summed E-state index contributed by atoms with van der Waals surface area (Å²) in [6.45, 7) is 0. The molecule has 0 radical (unpaired) electrons. The summed E-state index contributed by atoms with van der Waals surface area (Å²) in [7, 11) is 0. The lowest BCUT2D eigenvalue weighted by atomic mass is 11.6. The summed E-state index contributed by atoms with van der Waals surface area (Å²) in [5.74, 6) is 0. The number of hydrogen-bond donors (Lipinski definition) is 0. The first-order chi connectivity index (χ1) is 4.35. The molecule has 0 aromatic heterocycles. The van der Waals surface area contributed by atoms with E-state index in [0.717, 1.165) is 6.08 Å². The lowest BCUT2D eigenvalue weighted by Gasteiger charge is -1.70. The van der Waals surface area contributed by atoms with Gasteiger partial charge in [0.25, 0.3) is 6.08 Å². The fourth-order valence-corrected chi connectivity index (χ4v) is 0.380. The monoisotopic (exact) mass is 142 g/mol. The minimum atomic E-state index is -1.59. The van der Waals surface area contributed by atoms with Crippen molar-refractivity contribution in [2.24, 2.45) is 4.40 Å². The van der Waals surface area contributed by atoms with Crippen LogP contribution in [-0.4, -0.2) is 6.08 Å². The van der Waals surface area contributed by atoms with Crippen molar-refractivity contribution in [1.29, 1.82) is 10.5 Å². The van der Waals surface area contributed by atoms with Gasteiger partial charge in [0.05, 0.1) is 4.40 Å². The molecule has 0 saturated heterocycles. The number of isocyanates is 1. The zero-order valence-electron chi connectivity index (χ0n) is 4.07. The third kappa shape index (κ3) is 3.12. The Balaban J connectivity index is 3.90. The topological polar surface area (TPSA) is 86.2 Å². The molecule has 0 spiro atoms. The van der Waals surface area contributed by atoms with Crippen LogP contribution in [0.3, 0.4) is 0 Å². The molecule has 0 N–H and O–H groups in total. The van der Waals surface area contributed by atoms with E-state index in [9.17, 15) is 4.79 Å². The van der Waals surface area contributed by atoms with Crippen molar-refractivity contribution >= 4 is 17.4 Å². The van der Waals surface area contributed by atoms with Crippen molar-refractivity contribution in [3.63, 3.8) is 0 Å². The van der Waals surface area contributed by atoms with E-state index in [4.69, 9.17) is 10.5 Å². The fraction of sp³-hybridized carbons (Fsp3) is 0. The van der Waals surface area contributed by atoms with Crippen molar-refractivity contribution in [3.8, 4) is 11.7 Å². The standard InChI is InChI=1S/C3N3O2S/c4-1-8-9(2-5)6-3-7/q+1. The first-order valence-electron chi connectivity index (χ1n) is 1.63. The Morgan fingerprint density at radius 3 is 2.56 bits per heavy atom. The Kier molecular flexibility index (Phi) is 3.89. The molecule has 0 aliphatic rings. The predicted molar refractivity (Wildman–Crippen MR) is 27.8 cm³/mol. The van der Waals surface area contributed by atoms with Gasteiger partial charge in [-0.25, -0.2) is 4.79 Å². The summed E-state index contributed by atoms with van der Waals surface area (Å²) in [6, 6.07) is 0. The highest BCUT2D eigenvalue weighted by Crippen LogP contribution is 1.94. The van der Waals surface area contributed by atoms with Crippen molar-refractivity contribution in [2.75, 3.05) is 0 Å². The summed E-state index contributed by atoms with van der Waals surface area (Å²) in [5, 5.41) is 17.2. The van der Waals surface area contributed by atoms with Gasteiger partial charge in [-0.1, -0.05) is 0 Å². The molecule has 0 heterocycles. The molecule has 6 heteroatoms. The van der Waals surface area contributed by atoms with Crippen LogP contribution in [0.15, 0.2) is 4.40 Å². The molecule has 0 saturated carbocycles. The lowest BCUT2D eigenvalue weighted by molar-refractivity contribution is 0.562. The molecule has 5 nitrogen and oxygen atoms in total. The molecule has 0 aliphatic heterocycles. The molecular weight excluding hydrogens is 142 g/mol. The molecule has 0 bridgehead atoms. The average Bonchev–Trinajstić information content (AvgIpc) is 1.88. The van der Waals surface area contributed by atoms with Gasteiger partial charge in [0.1, 0.15) is 0 Å². The van der Waals surface area contributed by atoms with E-state index in [0.29, 0.717) is 0 Å². The van der Waals surface area contributed by atoms with Gasteiger partial charge in [0, 0.05) is 0 Å². The van der Waals surface area contributed by atoms with Crippen LogP contribution < -0.4 is 0 Å². The van der Waals surface area contributed by atoms with Crippen molar-refractivity contribution in [2.45, 2.75) is 0 Å². The maximum atomic E-state index is 9.42. The first kappa shape index (κ1) is 7.51. The van der Waals surface area contributed by atoms with Gasteiger partial charge in [0.15, 0.2) is 0 Å². The number of thiocyanates is 1. The summed E-state index contributed by atoms with van der Waals surface area (Å²) in [4.78, 5) is 9.42. The van der Waals surface area contributed by atoms with Gasteiger partial charge in [-0.3, -0.25) is 0 Å². The highest BCUT2D eigenvalue weighted by atomic mass is 32.2. The molecule has 0 fully saturated rings. The van der Waals surface area contributed by atoms with E-state index >= 15 is 0 Å². The van der Waals surface area contributed by atoms with Crippen LogP contribution in [0.2, 0.25) is 0 Å². The van der Waals surface area contributed by atoms with E-state index in [2.05, 4.69) is 8.58 Å². The van der Waals surface area contributed by atoms with Gasteiger partial charge in [0.2, 0.25) is 0 Å². The Labute approximate surface area is 53.9 Å². The SMILES string of the molecule is N#CO[S+](C#N)N=C=O. The van der Waals surface area contributed by atoms with Crippen molar-refractivity contribution in [1.82, 2.24) is 0 Å². The Morgan fingerprint density at radius 1 is 1.56 bits per heavy atom. The second kappa shape index (κ2) is 4.66. The first-order valence-corrected chi connectivity index (χ1v) is 2.74. The second-order valence-corrected chi connectivity index (χ2v) is 1.73. The minimum Gasteiger partial charge on any atom is -0.206 e. The summed E-state index contributed by atoms with van der Waals surface area (Å²) in [5.41, 5.74) is 0. The molecule has 0 aromatic carbocycles. The molecule has 0 amide bonds. The van der Waals surface area contributed by atoms with E-state index in [1.807, 2.05) is 0 Å². The summed E-state index contributed by atoms with van der Waals surface area (Å²) in [6.07, 6.45) is 2.31.